The summed E-state index contributed by atoms with van der Waals surface area (Å²) in [6.45, 7) is -0.0658. The molecule has 0 heterocycles. The van der Waals surface area contributed by atoms with Gasteiger partial charge in [0.05, 0.1) is 12.1 Å². The number of nitrogens with one attached hydrogen (secondary N) is 2. The normalized spacial score (nSPS) is 15.6. The minimum atomic E-state index is -0.443. The molecule has 0 unspecified atom stereocenters. The van der Waals surface area contributed by atoms with E-state index in [0.29, 0.717) is 0 Å². The van der Waals surface area contributed by atoms with Crippen molar-refractivity contribution >= 4 is 11.8 Å². The van der Waals surface area contributed by atoms with Crippen LogP contribution in [0.1, 0.15) is 42.5 Å². The average molecular weight is 276 g/mol. The van der Waals surface area contributed by atoms with Crippen LogP contribution in [0.25, 0.3) is 0 Å². The zero-order valence-electron chi connectivity index (χ0n) is 11.4. The van der Waals surface area contributed by atoms with Crippen LogP contribution in [0.5, 0.6) is 5.75 Å². The SMILES string of the molecule is O=C(CNC(=O)c1ccccc1O)NC1CCCCC1. The maximum Gasteiger partial charge on any atom is 0.255 e. The number of aromatic hydroxyl groups is 1. The summed E-state index contributed by atoms with van der Waals surface area (Å²) in [5.41, 5.74) is 0.179. The lowest BCUT2D eigenvalue weighted by atomic mass is 9.95. The number of benzene rings is 1. The first-order valence-corrected chi connectivity index (χ1v) is 7.02. The van der Waals surface area contributed by atoms with Crippen molar-refractivity contribution in [2.75, 3.05) is 6.54 Å². The Kier molecular flexibility index (Phi) is 4.98. The minimum absolute atomic E-state index is 0.0658. The predicted molar refractivity (Wildman–Crippen MR) is 75.5 cm³/mol. The van der Waals surface area contributed by atoms with Gasteiger partial charge >= 0.3 is 0 Å². The molecule has 0 radical (unpaired) electrons. The molecule has 0 spiro atoms. The second-order valence-electron chi connectivity index (χ2n) is 5.10. The lowest BCUT2D eigenvalue weighted by Gasteiger charge is -2.22. The number of carbonyl (C=O) groups excluding carboxylic acids is 2. The Morgan fingerprint density at radius 1 is 1.15 bits per heavy atom. The van der Waals surface area contributed by atoms with Gasteiger partial charge in [-0.05, 0) is 25.0 Å². The van der Waals surface area contributed by atoms with Crippen molar-refractivity contribution in [3.05, 3.63) is 29.8 Å². The van der Waals surface area contributed by atoms with Gasteiger partial charge in [-0.2, -0.15) is 0 Å². The van der Waals surface area contributed by atoms with Crippen molar-refractivity contribution in [3.63, 3.8) is 0 Å². The highest BCUT2D eigenvalue weighted by Crippen LogP contribution is 2.17. The molecule has 0 aliphatic heterocycles. The average Bonchev–Trinajstić information content (AvgIpc) is 2.46. The number of phenolic OH excluding ortho intramolecular Hbond substituents is 1. The number of rotatable bonds is 4. The van der Waals surface area contributed by atoms with Crippen LogP contribution in [-0.4, -0.2) is 29.5 Å². The highest BCUT2D eigenvalue weighted by molar-refractivity contribution is 5.98. The molecule has 2 rings (SSSR count). The van der Waals surface area contributed by atoms with Gasteiger partial charge in [0.25, 0.3) is 5.91 Å². The Morgan fingerprint density at radius 3 is 2.55 bits per heavy atom. The zero-order valence-corrected chi connectivity index (χ0v) is 11.4. The van der Waals surface area contributed by atoms with Crippen LogP contribution >= 0.6 is 0 Å². The van der Waals surface area contributed by atoms with Gasteiger partial charge in [-0.25, -0.2) is 0 Å². The third kappa shape index (κ3) is 3.98. The topological polar surface area (TPSA) is 78.4 Å². The number of amides is 2. The molecule has 108 valence electrons. The highest BCUT2D eigenvalue weighted by atomic mass is 16.3. The fraction of sp³-hybridized carbons (Fsp3) is 0.467. The largest absolute Gasteiger partial charge is 0.507 e. The van der Waals surface area contributed by atoms with Crippen LogP contribution in [-0.2, 0) is 4.79 Å². The minimum Gasteiger partial charge on any atom is -0.507 e. The van der Waals surface area contributed by atoms with Crippen molar-refractivity contribution in [2.24, 2.45) is 0 Å². The van der Waals surface area contributed by atoms with E-state index in [1.807, 2.05) is 0 Å². The second kappa shape index (κ2) is 6.93. The molecule has 1 aliphatic rings. The third-order valence-electron chi connectivity index (χ3n) is 3.53. The smallest absolute Gasteiger partial charge is 0.255 e. The van der Waals surface area contributed by atoms with E-state index in [1.165, 1.54) is 18.6 Å². The first-order valence-electron chi connectivity index (χ1n) is 7.02. The lowest BCUT2D eigenvalue weighted by Crippen LogP contribution is -2.42. The molecule has 1 fully saturated rings. The summed E-state index contributed by atoms with van der Waals surface area (Å²) < 4.78 is 0. The lowest BCUT2D eigenvalue weighted by molar-refractivity contribution is -0.121. The van der Waals surface area contributed by atoms with E-state index in [2.05, 4.69) is 10.6 Å². The summed E-state index contributed by atoms with van der Waals surface area (Å²) in [7, 11) is 0. The second-order valence-corrected chi connectivity index (χ2v) is 5.10. The van der Waals surface area contributed by atoms with E-state index in [1.54, 1.807) is 12.1 Å². The number of hydrogen-bond donors (Lipinski definition) is 3. The molecular formula is C15H20N2O3. The van der Waals surface area contributed by atoms with E-state index >= 15 is 0 Å². The predicted octanol–water partition coefficient (Wildman–Crippen LogP) is 1.57. The molecule has 5 heteroatoms. The van der Waals surface area contributed by atoms with E-state index in [9.17, 15) is 14.7 Å². The van der Waals surface area contributed by atoms with Crippen molar-refractivity contribution < 1.29 is 14.7 Å². The molecule has 0 bridgehead atoms. The van der Waals surface area contributed by atoms with Crippen LogP contribution in [0.2, 0.25) is 0 Å². The van der Waals surface area contributed by atoms with E-state index in [0.717, 1.165) is 25.7 Å². The van der Waals surface area contributed by atoms with Crippen LogP contribution in [0.3, 0.4) is 0 Å². The quantitative estimate of drug-likeness (QED) is 0.781. The van der Waals surface area contributed by atoms with E-state index < -0.39 is 5.91 Å². The summed E-state index contributed by atoms with van der Waals surface area (Å²) in [4.78, 5) is 23.6. The zero-order chi connectivity index (χ0) is 14.4. The molecule has 0 atom stereocenters. The van der Waals surface area contributed by atoms with E-state index in [4.69, 9.17) is 0 Å². The van der Waals surface area contributed by atoms with Crippen LogP contribution in [0, 0.1) is 0 Å². The Labute approximate surface area is 118 Å². The van der Waals surface area contributed by atoms with Crippen LogP contribution in [0.4, 0.5) is 0 Å². The van der Waals surface area contributed by atoms with Gasteiger partial charge in [-0.3, -0.25) is 9.59 Å². The molecule has 0 saturated heterocycles. The van der Waals surface area contributed by atoms with Crippen LogP contribution < -0.4 is 10.6 Å². The molecule has 1 aromatic rings. The van der Waals surface area contributed by atoms with Gasteiger partial charge in [-0.15, -0.1) is 0 Å². The summed E-state index contributed by atoms with van der Waals surface area (Å²) in [6.07, 6.45) is 5.55. The van der Waals surface area contributed by atoms with Gasteiger partial charge < -0.3 is 15.7 Å². The molecule has 2 amide bonds. The summed E-state index contributed by atoms with van der Waals surface area (Å²) in [6, 6.07) is 6.50. The first kappa shape index (κ1) is 14.4. The Hall–Kier alpha value is -2.04. The maximum absolute atomic E-state index is 11.8. The van der Waals surface area contributed by atoms with Crippen LogP contribution in [0.15, 0.2) is 24.3 Å². The number of phenols is 1. The van der Waals surface area contributed by atoms with Crippen molar-refractivity contribution in [1.29, 1.82) is 0 Å². The number of para-hydroxylation sites is 1. The summed E-state index contributed by atoms with van der Waals surface area (Å²) in [5, 5.41) is 15.0. The molecule has 5 nitrogen and oxygen atoms in total. The molecule has 20 heavy (non-hydrogen) atoms. The molecular weight excluding hydrogens is 256 g/mol. The summed E-state index contributed by atoms with van der Waals surface area (Å²) in [5.74, 6) is -0.708. The number of hydrogen-bond acceptors (Lipinski definition) is 3. The maximum atomic E-state index is 11.8. The highest BCUT2D eigenvalue weighted by Gasteiger charge is 2.16. The Bertz CT molecular complexity index is 482. The summed E-state index contributed by atoms with van der Waals surface area (Å²) >= 11 is 0. The fourth-order valence-electron chi connectivity index (χ4n) is 2.45. The number of carbonyl (C=O) groups is 2. The van der Waals surface area contributed by atoms with Gasteiger partial charge in [-0.1, -0.05) is 31.4 Å². The van der Waals surface area contributed by atoms with Gasteiger partial charge in [0.15, 0.2) is 0 Å². The van der Waals surface area contributed by atoms with Crippen molar-refractivity contribution in [3.8, 4) is 5.75 Å². The van der Waals surface area contributed by atoms with E-state index in [-0.39, 0.29) is 29.8 Å². The monoisotopic (exact) mass is 276 g/mol. The van der Waals surface area contributed by atoms with Gasteiger partial charge in [0, 0.05) is 6.04 Å². The standard InChI is InChI=1S/C15H20N2O3/c18-13-9-5-4-8-12(13)15(20)16-10-14(19)17-11-6-2-1-3-7-11/h4-5,8-9,11,18H,1-3,6-7,10H2,(H,16,20)(H,17,19). The molecule has 3 N–H and O–H groups in total. The third-order valence-corrected chi connectivity index (χ3v) is 3.53. The molecule has 1 saturated carbocycles. The Morgan fingerprint density at radius 2 is 1.85 bits per heavy atom. The molecule has 1 aliphatic carbocycles. The molecule has 0 aromatic heterocycles. The fourth-order valence-corrected chi connectivity index (χ4v) is 2.45. The first-order chi connectivity index (χ1) is 9.66. The van der Waals surface area contributed by atoms with Gasteiger partial charge in [0.2, 0.25) is 5.91 Å². The molecule has 1 aromatic carbocycles. The van der Waals surface area contributed by atoms with Crippen molar-refractivity contribution in [1.82, 2.24) is 10.6 Å². The van der Waals surface area contributed by atoms with Gasteiger partial charge in [0.1, 0.15) is 5.75 Å². The van der Waals surface area contributed by atoms with Crippen molar-refractivity contribution in [2.45, 2.75) is 38.1 Å². The Balaban J connectivity index is 1.78.